The number of amides is 1. The van der Waals surface area contributed by atoms with Gasteiger partial charge in [0.1, 0.15) is 11.4 Å². The first-order valence-electron chi connectivity index (χ1n) is 12.3. The number of carbonyl (C=O) groups excluding carboxylic acids is 1. The molecule has 2 aromatic carbocycles. The molecule has 1 aliphatic rings. The van der Waals surface area contributed by atoms with Crippen LogP contribution in [0.5, 0.6) is 0 Å². The van der Waals surface area contributed by atoms with Gasteiger partial charge in [0.25, 0.3) is 5.56 Å². The standard InChI is InChI=1S/C28H29N3O3S/c1-2-19-12-14-21(15-13-19)29-24(32)18-31-27-25(22-10-6-7-11-23(22)35-27)26(33)30(28(31)34)17-16-20-8-4-3-5-9-20/h3-5,8-9,12-15H,2,6-7,10-11,16-18H2,1H3,(H,29,32). The number of thiophene rings is 1. The van der Waals surface area contributed by atoms with Crippen molar-refractivity contribution in [3.05, 3.63) is 97.0 Å². The Balaban J connectivity index is 1.53. The van der Waals surface area contributed by atoms with Crippen molar-refractivity contribution in [2.45, 2.75) is 58.5 Å². The Labute approximate surface area is 207 Å². The van der Waals surface area contributed by atoms with E-state index >= 15 is 0 Å². The molecule has 4 aromatic rings. The summed E-state index contributed by atoms with van der Waals surface area (Å²) in [6.07, 6.45) is 5.38. The van der Waals surface area contributed by atoms with Crippen LogP contribution in [0.25, 0.3) is 10.2 Å². The van der Waals surface area contributed by atoms with E-state index in [0.29, 0.717) is 22.3 Å². The molecular weight excluding hydrogens is 458 g/mol. The fourth-order valence-electron chi connectivity index (χ4n) is 4.81. The van der Waals surface area contributed by atoms with Gasteiger partial charge in [0.15, 0.2) is 0 Å². The molecule has 2 aromatic heterocycles. The van der Waals surface area contributed by atoms with Gasteiger partial charge in [0.05, 0.1) is 5.39 Å². The molecule has 0 saturated carbocycles. The molecule has 0 aliphatic heterocycles. The number of nitrogens with one attached hydrogen (secondary N) is 1. The maximum Gasteiger partial charge on any atom is 0.332 e. The number of rotatable bonds is 7. The Hall–Kier alpha value is -3.45. The van der Waals surface area contributed by atoms with Crippen LogP contribution in [0.2, 0.25) is 0 Å². The molecule has 1 N–H and O–H groups in total. The first-order chi connectivity index (χ1) is 17.0. The van der Waals surface area contributed by atoms with E-state index in [9.17, 15) is 14.4 Å². The molecule has 0 spiro atoms. The number of aromatic nitrogens is 2. The van der Waals surface area contributed by atoms with Gasteiger partial charge >= 0.3 is 5.69 Å². The Kier molecular flexibility index (Phi) is 6.68. The predicted octanol–water partition coefficient (Wildman–Crippen LogP) is 4.55. The highest BCUT2D eigenvalue weighted by atomic mass is 32.1. The maximum atomic E-state index is 13.6. The zero-order valence-electron chi connectivity index (χ0n) is 19.9. The van der Waals surface area contributed by atoms with Gasteiger partial charge in [-0.3, -0.25) is 18.7 Å². The van der Waals surface area contributed by atoms with E-state index in [1.807, 2.05) is 54.6 Å². The second-order valence-corrected chi connectivity index (χ2v) is 10.1. The summed E-state index contributed by atoms with van der Waals surface area (Å²) < 4.78 is 2.82. The van der Waals surface area contributed by atoms with E-state index in [-0.39, 0.29) is 24.6 Å². The number of benzene rings is 2. The first kappa shape index (κ1) is 23.3. The van der Waals surface area contributed by atoms with Crippen molar-refractivity contribution in [2.75, 3.05) is 5.32 Å². The third-order valence-corrected chi connectivity index (χ3v) is 8.05. The monoisotopic (exact) mass is 487 g/mol. The van der Waals surface area contributed by atoms with Crippen LogP contribution in [0.1, 0.15) is 41.3 Å². The van der Waals surface area contributed by atoms with E-state index in [1.54, 1.807) is 0 Å². The third kappa shape index (κ3) is 4.73. The van der Waals surface area contributed by atoms with E-state index in [4.69, 9.17) is 0 Å². The molecule has 0 atom stereocenters. The summed E-state index contributed by atoms with van der Waals surface area (Å²) in [4.78, 5) is 41.9. The van der Waals surface area contributed by atoms with Crippen molar-refractivity contribution in [2.24, 2.45) is 0 Å². The van der Waals surface area contributed by atoms with Gasteiger partial charge in [-0.1, -0.05) is 49.4 Å². The highest BCUT2D eigenvalue weighted by molar-refractivity contribution is 7.18. The van der Waals surface area contributed by atoms with Crippen LogP contribution in [0.15, 0.2) is 64.2 Å². The van der Waals surface area contributed by atoms with Crippen LogP contribution in [0.4, 0.5) is 5.69 Å². The van der Waals surface area contributed by atoms with Crippen LogP contribution in [-0.2, 0) is 43.6 Å². The lowest BCUT2D eigenvalue weighted by molar-refractivity contribution is -0.116. The number of anilines is 1. The second-order valence-electron chi connectivity index (χ2n) is 9.05. The number of hydrogen-bond acceptors (Lipinski definition) is 4. The van der Waals surface area contributed by atoms with Gasteiger partial charge in [0, 0.05) is 17.1 Å². The van der Waals surface area contributed by atoms with Crippen LogP contribution >= 0.6 is 11.3 Å². The number of carbonyl (C=O) groups is 1. The molecule has 2 heterocycles. The van der Waals surface area contributed by atoms with Gasteiger partial charge < -0.3 is 5.32 Å². The summed E-state index contributed by atoms with van der Waals surface area (Å²) >= 11 is 1.50. The summed E-state index contributed by atoms with van der Waals surface area (Å²) in [6.45, 7) is 2.23. The lowest BCUT2D eigenvalue weighted by atomic mass is 9.97. The number of hydrogen-bond donors (Lipinski definition) is 1. The highest BCUT2D eigenvalue weighted by Gasteiger charge is 2.24. The molecule has 6 nitrogen and oxygen atoms in total. The maximum absolute atomic E-state index is 13.6. The summed E-state index contributed by atoms with van der Waals surface area (Å²) in [5.41, 5.74) is 3.36. The van der Waals surface area contributed by atoms with Crippen molar-refractivity contribution in [3.63, 3.8) is 0 Å². The number of fused-ring (bicyclic) bond motifs is 3. The molecular formula is C28H29N3O3S. The van der Waals surface area contributed by atoms with Crippen LogP contribution in [-0.4, -0.2) is 15.0 Å². The predicted molar refractivity (Wildman–Crippen MR) is 142 cm³/mol. The lowest BCUT2D eigenvalue weighted by Crippen LogP contribution is -2.42. The summed E-state index contributed by atoms with van der Waals surface area (Å²) in [7, 11) is 0. The zero-order chi connectivity index (χ0) is 24.4. The largest absolute Gasteiger partial charge is 0.332 e. The molecule has 0 bridgehead atoms. The Morgan fingerprint density at radius 1 is 0.943 bits per heavy atom. The number of nitrogens with zero attached hydrogens (tertiary/aromatic N) is 2. The van der Waals surface area contributed by atoms with Gasteiger partial charge in [0.2, 0.25) is 5.91 Å². The molecule has 0 saturated heterocycles. The van der Waals surface area contributed by atoms with E-state index in [1.165, 1.54) is 30.9 Å². The Morgan fingerprint density at radius 3 is 2.43 bits per heavy atom. The quantitative estimate of drug-likeness (QED) is 0.416. The van der Waals surface area contributed by atoms with Crippen LogP contribution in [0.3, 0.4) is 0 Å². The van der Waals surface area contributed by atoms with Gasteiger partial charge in [-0.15, -0.1) is 11.3 Å². The topological polar surface area (TPSA) is 73.1 Å². The second kappa shape index (κ2) is 10.0. The highest BCUT2D eigenvalue weighted by Crippen LogP contribution is 2.34. The van der Waals surface area contributed by atoms with Crippen LogP contribution in [0, 0.1) is 0 Å². The molecule has 1 amide bonds. The van der Waals surface area contributed by atoms with Crippen molar-refractivity contribution in [1.29, 1.82) is 0 Å². The first-order valence-corrected chi connectivity index (χ1v) is 13.1. The molecule has 1 aliphatic carbocycles. The molecule has 0 unspecified atom stereocenters. The third-order valence-electron chi connectivity index (χ3n) is 6.73. The lowest BCUT2D eigenvalue weighted by Gasteiger charge is -2.14. The average molecular weight is 488 g/mol. The summed E-state index contributed by atoms with van der Waals surface area (Å²) in [6, 6.07) is 17.5. The molecule has 0 fully saturated rings. The fourth-order valence-corrected chi connectivity index (χ4v) is 6.18. The summed E-state index contributed by atoms with van der Waals surface area (Å²) in [5, 5.41) is 3.53. The van der Waals surface area contributed by atoms with Crippen molar-refractivity contribution < 1.29 is 4.79 Å². The van der Waals surface area contributed by atoms with Crippen LogP contribution < -0.4 is 16.6 Å². The summed E-state index contributed by atoms with van der Waals surface area (Å²) in [5.74, 6) is -0.280. The molecule has 5 rings (SSSR count). The van der Waals surface area contributed by atoms with Crippen molar-refractivity contribution in [3.8, 4) is 0 Å². The van der Waals surface area contributed by atoms with Gasteiger partial charge in [-0.2, -0.15) is 0 Å². The number of aryl methyl sites for hydroxylation is 4. The Morgan fingerprint density at radius 2 is 1.69 bits per heavy atom. The van der Waals surface area contributed by atoms with E-state index in [0.717, 1.165) is 43.2 Å². The fraction of sp³-hybridized carbons (Fsp3) is 0.321. The minimum absolute atomic E-state index is 0.129. The van der Waals surface area contributed by atoms with Crippen molar-refractivity contribution in [1.82, 2.24) is 9.13 Å². The minimum atomic E-state index is -0.423. The van der Waals surface area contributed by atoms with E-state index in [2.05, 4.69) is 12.2 Å². The molecule has 180 valence electrons. The SMILES string of the molecule is CCc1ccc(NC(=O)Cn2c(=O)n(CCc3ccccc3)c(=O)c3c4c(sc32)CCCC4)cc1. The average Bonchev–Trinajstić information content (AvgIpc) is 3.27. The van der Waals surface area contributed by atoms with E-state index < -0.39 is 5.69 Å². The molecule has 35 heavy (non-hydrogen) atoms. The minimum Gasteiger partial charge on any atom is -0.325 e. The molecule has 0 radical (unpaired) electrons. The molecule has 7 heteroatoms. The smallest absolute Gasteiger partial charge is 0.325 e. The van der Waals surface area contributed by atoms with Gasteiger partial charge in [-0.05, 0) is 67.3 Å². The Bertz CT molecular complexity index is 1480. The van der Waals surface area contributed by atoms with Crippen molar-refractivity contribution >= 4 is 33.1 Å². The zero-order valence-corrected chi connectivity index (χ0v) is 20.7. The normalized spacial score (nSPS) is 13.1. The van der Waals surface area contributed by atoms with Gasteiger partial charge in [-0.25, -0.2) is 4.79 Å².